The number of hydrogen-bond acceptors (Lipinski definition) is 3. The smallest absolute Gasteiger partial charge is 0.330 e. The fraction of sp³-hybridized carbons (Fsp3) is 0.800. The first-order valence-corrected chi connectivity index (χ1v) is 12.3. The van der Waals surface area contributed by atoms with Gasteiger partial charge >= 0.3 is 11.9 Å². The van der Waals surface area contributed by atoms with Crippen molar-refractivity contribution in [3.8, 4) is 0 Å². The SMILES string of the molecule is CCCCCCCC/C=C\CCCCCCCC(=O)NC(CCC)(CC(=O)O)C(=O)O. The van der Waals surface area contributed by atoms with Crippen LogP contribution in [-0.2, 0) is 14.4 Å². The zero-order valence-corrected chi connectivity index (χ0v) is 19.8. The third-order valence-corrected chi connectivity index (χ3v) is 5.58. The van der Waals surface area contributed by atoms with Crippen molar-refractivity contribution in [2.75, 3.05) is 0 Å². The van der Waals surface area contributed by atoms with E-state index in [1.165, 1.54) is 44.9 Å². The number of aliphatic carboxylic acids is 2. The molecule has 0 rings (SSSR count). The topological polar surface area (TPSA) is 104 Å². The van der Waals surface area contributed by atoms with Crippen LogP contribution in [0, 0.1) is 0 Å². The number of unbranched alkanes of at least 4 members (excludes halogenated alkanes) is 11. The standard InChI is InChI=1S/C25H45NO5/c1-3-5-6-7-8-9-10-11-12-13-14-15-16-17-18-19-22(27)26-25(20-4-2,24(30)31)21-23(28)29/h11-12H,3-10,13-21H2,1-2H3,(H,26,27)(H,28,29)(H,30,31)/b12-11-. The van der Waals surface area contributed by atoms with Crippen LogP contribution in [0.3, 0.4) is 0 Å². The maximum Gasteiger partial charge on any atom is 0.330 e. The van der Waals surface area contributed by atoms with Crippen molar-refractivity contribution in [3.05, 3.63) is 12.2 Å². The average molecular weight is 440 g/mol. The van der Waals surface area contributed by atoms with Crippen LogP contribution in [0.1, 0.15) is 123 Å². The molecule has 0 radical (unpaired) electrons. The lowest BCUT2D eigenvalue weighted by Gasteiger charge is -2.28. The molecule has 3 N–H and O–H groups in total. The van der Waals surface area contributed by atoms with Gasteiger partial charge in [0, 0.05) is 6.42 Å². The van der Waals surface area contributed by atoms with Gasteiger partial charge in [-0.1, -0.05) is 83.8 Å². The molecule has 31 heavy (non-hydrogen) atoms. The van der Waals surface area contributed by atoms with Gasteiger partial charge in [-0.15, -0.1) is 0 Å². The molecule has 0 saturated heterocycles. The van der Waals surface area contributed by atoms with Crippen LogP contribution in [0.2, 0.25) is 0 Å². The van der Waals surface area contributed by atoms with Gasteiger partial charge < -0.3 is 15.5 Å². The predicted octanol–water partition coefficient (Wildman–Crippen LogP) is 6.24. The van der Waals surface area contributed by atoms with E-state index in [2.05, 4.69) is 24.4 Å². The van der Waals surface area contributed by atoms with E-state index in [0.29, 0.717) is 12.8 Å². The van der Waals surface area contributed by atoms with Crippen LogP contribution in [0.4, 0.5) is 0 Å². The average Bonchev–Trinajstić information content (AvgIpc) is 2.70. The quantitative estimate of drug-likeness (QED) is 0.145. The minimum atomic E-state index is -1.71. The van der Waals surface area contributed by atoms with Crippen molar-refractivity contribution < 1.29 is 24.6 Å². The van der Waals surface area contributed by atoms with Gasteiger partial charge in [0.2, 0.25) is 5.91 Å². The molecule has 1 amide bonds. The minimum Gasteiger partial charge on any atom is -0.481 e. The molecule has 0 aromatic carbocycles. The zero-order valence-electron chi connectivity index (χ0n) is 19.8. The Kier molecular flexibility index (Phi) is 17.8. The molecule has 0 aromatic heterocycles. The third-order valence-electron chi connectivity index (χ3n) is 5.58. The minimum absolute atomic E-state index is 0.104. The highest BCUT2D eigenvalue weighted by Crippen LogP contribution is 2.19. The summed E-state index contributed by atoms with van der Waals surface area (Å²) in [4.78, 5) is 34.9. The van der Waals surface area contributed by atoms with Gasteiger partial charge in [-0.2, -0.15) is 0 Å². The van der Waals surface area contributed by atoms with E-state index < -0.39 is 23.9 Å². The molecule has 6 nitrogen and oxygen atoms in total. The van der Waals surface area contributed by atoms with E-state index in [9.17, 15) is 19.5 Å². The molecule has 0 heterocycles. The molecule has 0 fully saturated rings. The van der Waals surface area contributed by atoms with E-state index in [4.69, 9.17) is 5.11 Å². The Morgan fingerprint density at radius 2 is 1.26 bits per heavy atom. The predicted molar refractivity (Wildman–Crippen MR) is 125 cm³/mol. The Bertz CT molecular complexity index is 532. The number of carbonyl (C=O) groups is 3. The highest BCUT2D eigenvalue weighted by Gasteiger charge is 2.41. The monoisotopic (exact) mass is 439 g/mol. The number of nitrogens with one attached hydrogen (secondary N) is 1. The highest BCUT2D eigenvalue weighted by atomic mass is 16.4. The second-order valence-electron chi connectivity index (χ2n) is 8.59. The summed E-state index contributed by atoms with van der Waals surface area (Å²) in [5.74, 6) is -2.89. The first-order chi connectivity index (χ1) is 14.9. The Morgan fingerprint density at radius 3 is 1.74 bits per heavy atom. The number of hydrogen-bond donors (Lipinski definition) is 3. The molecular formula is C25H45NO5. The molecule has 1 unspecified atom stereocenters. The fourth-order valence-corrected chi connectivity index (χ4v) is 3.80. The van der Waals surface area contributed by atoms with Gasteiger partial charge in [-0.3, -0.25) is 9.59 Å². The van der Waals surface area contributed by atoms with Crippen molar-refractivity contribution >= 4 is 17.8 Å². The maximum absolute atomic E-state index is 12.2. The van der Waals surface area contributed by atoms with Crippen LogP contribution >= 0.6 is 0 Å². The van der Waals surface area contributed by atoms with Crippen molar-refractivity contribution in [3.63, 3.8) is 0 Å². The summed E-state index contributed by atoms with van der Waals surface area (Å²) in [6.07, 6.45) is 20.0. The molecule has 0 bridgehead atoms. The number of carbonyl (C=O) groups excluding carboxylic acids is 1. The number of carboxylic acid groups (broad SMARTS) is 2. The van der Waals surface area contributed by atoms with Crippen molar-refractivity contribution in [2.24, 2.45) is 0 Å². The van der Waals surface area contributed by atoms with Gasteiger partial charge in [0.1, 0.15) is 5.54 Å². The second kappa shape index (κ2) is 18.9. The Balaban J connectivity index is 3.86. The van der Waals surface area contributed by atoms with E-state index in [1.807, 2.05) is 0 Å². The van der Waals surface area contributed by atoms with Gasteiger partial charge in [0.25, 0.3) is 0 Å². The van der Waals surface area contributed by atoms with Crippen molar-refractivity contribution in [2.45, 2.75) is 129 Å². The lowest BCUT2D eigenvalue weighted by Crippen LogP contribution is -2.55. The second-order valence-corrected chi connectivity index (χ2v) is 8.59. The lowest BCUT2D eigenvalue weighted by molar-refractivity contribution is -0.153. The molecule has 180 valence electrons. The summed E-state index contributed by atoms with van der Waals surface area (Å²) in [6.45, 7) is 4.01. The fourth-order valence-electron chi connectivity index (χ4n) is 3.80. The van der Waals surface area contributed by atoms with Crippen molar-refractivity contribution in [1.29, 1.82) is 0 Å². The first kappa shape index (κ1) is 29.1. The summed E-state index contributed by atoms with van der Waals surface area (Å²) in [6, 6.07) is 0. The van der Waals surface area contributed by atoms with Gasteiger partial charge in [-0.05, 0) is 38.5 Å². The molecule has 0 aromatic rings. The van der Waals surface area contributed by atoms with Crippen LogP contribution in [0.15, 0.2) is 12.2 Å². The van der Waals surface area contributed by atoms with Crippen molar-refractivity contribution in [1.82, 2.24) is 5.32 Å². The normalized spacial score (nSPS) is 13.2. The Hall–Kier alpha value is -1.85. The molecule has 0 aliphatic heterocycles. The van der Waals surface area contributed by atoms with Crippen LogP contribution in [0.5, 0.6) is 0 Å². The van der Waals surface area contributed by atoms with Crippen LogP contribution in [0.25, 0.3) is 0 Å². The highest BCUT2D eigenvalue weighted by molar-refractivity contribution is 5.90. The summed E-state index contributed by atoms with van der Waals surface area (Å²) in [7, 11) is 0. The maximum atomic E-state index is 12.2. The molecule has 1 atom stereocenters. The zero-order chi connectivity index (χ0) is 23.4. The van der Waals surface area contributed by atoms with E-state index in [0.717, 1.165) is 32.1 Å². The number of allylic oxidation sites excluding steroid dienone is 2. The van der Waals surface area contributed by atoms with Crippen LogP contribution in [-0.4, -0.2) is 33.6 Å². The molecule has 6 heteroatoms. The van der Waals surface area contributed by atoms with Gasteiger partial charge in [0.15, 0.2) is 0 Å². The summed E-state index contributed by atoms with van der Waals surface area (Å²) in [5.41, 5.74) is -1.71. The number of rotatable bonds is 21. The summed E-state index contributed by atoms with van der Waals surface area (Å²) < 4.78 is 0. The van der Waals surface area contributed by atoms with E-state index in [-0.39, 0.29) is 18.7 Å². The Labute approximate surface area is 188 Å². The first-order valence-electron chi connectivity index (χ1n) is 12.3. The number of carboxylic acids is 2. The number of amides is 1. The van der Waals surface area contributed by atoms with E-state index in [1.54, 1.807) is 6.92 Å². The molecule has 0 spiro atoms. The molecule has 0 aliphatic rings. The lowest BCUT2D eigenvalue weighted by atomic mass is 9.89. The molecular weight excluding hydrogens is 394 g/mol. The van der Waals surface area contributed by atoms with Gasteiger partial charge in [0.05, 0.1) is 6.42 Å². The van der Waals surface area contributed by atoms with Crippen LogP contribution < -0.4 is 5.32 Å². The molecule has 0 aliphatic carbocycles. The molecule has 0 saturated carbocycles. The van der Waals surface area contributed by atoms with E-state index >= 15 is 0 Å². The summed E-state index contributed by atoms with van der Waals surface area (Å²) >= 11 is 0. The third kappa shape index (κ3) is 15.6. The largest absolute Gasteiger partial charge is 0.481 e. The van der Waals surface area contributed by atoms with Gasteiger partial charge in [-0.25, -0.2) is 4.79 Å². The summed E-state index contributed by atoms with van der Waals surface area (Å²) in [5, 5.41) is 21.0. The Morgan fingerprint density at radius 1 is 0.742 bits per heavy atom.